The number of allylic oxidation sites excluding steroid dienone is 3. The van der Waals surface area contributed by atoms with Gasteiger partial charge in [-0.1, -0.05) is 43.8 Å². The normalized spacial score (nSPS) is 11.1. The topological polar surface area (TPSA) is 15.8 Å². The molecule has 1 nitrogen and oxygen atoms in total. The van der Waals surface area contributed by atoms with E-state index in [0.29, 0.717) is 0 Å². The molecule has 0 bridgehead atoms. The SMILES string of the molecule is CC=CC=Cc1[c-]c(CC)[nH]c1CC.[Ru+]. The first-order valence-electron chi connectivity index (χ1n) is 5.24. The van der Waals surface area contributed by atoms with E-state index in [4.69, 9.17) is 0 Å². The van der Waals surface area contributed by atoms with Crippen LogP contribution in [0.15, 0.2) is 18.2 Å². The second-order valence-electron chi connectivity index (χ2n) is 3.21. The summed E-state index contributed by atoms with van der Waals surface area (Å²) in [6.45, 7) is 6.32. The van der Waals surface area contributed by atoms with Gasteiger partial charge in [0.1, 0.15) is 0 Å². The zero-order chi connectivity index (χ0) is 10.4. The van der Waals surface area contributed by atoms with Crippen LogP contribution in [-0.2, 0) is 32.3 Å². The standard InChI is InChI=1S/C13H18N.Ru/c1-4-7-8-9-11-10-12(5-2)14-13(11)6-3;/h4,7-9,14H,5-6H2,1-3H3;/q-1;+1. The van der Waals surface area contributed by atoms with Gasteiger partial charge in [0.25, 0.3) is 0 Å². The van der Waals surface area contributed by atoms with E-state index in [9.17, 15) is 0 Å². The van der Waals surface area contributed by atoms with Crippen LogP contribution in [0.5, 0.6) is 0 Å². The van der Waals surface area contributed by atoms with Crippen LogP contribution in [-0.4, -0.2) is 4.98 Å². The summed E-state index contributed by atoms with van der Waals surface area (Å²) >= 11 is 0. The predicted octanol–water partition coefficient (Wildman–Crippen LogP) is 3.53. The summed E-state index contributed by atoms with van der Waals surface area (Å²) in [6, 6.07) is 3.37. The van der Waals surface area contributed by atoms with E-state index in [-0.39, 0.29) is 19.5 Å². The zero-order valence-electron chi connectivity index (χ0n) is 9.58. The minimum atomic E-state index is 0. The van der Waals surface area contributed by atoms with Gasteiger partial charge in [-0.05, 0) is 13.3 Å². The Bertz CT molecular complexity index is 334. The third-order valence-corrected chi connectivity index (χ3v) is 2.19. The van der Waals surface area contributed by atoms with Gasteiger partial charge in [-0.15, -0.1) is 6.08 Å². The molecular formula is C13H18NRu. The van der Waals surface area contributed by atoms with E-state index in [1.165, 1.54) is 17.0 Å². The minimum absolute atomic E-state index is 0. The Morgan fingerprint density at radius 2 is 1.93 bits per heavy atom. The third kappa shape index (κ3) is 4.17. The molecule has 0 amide bonds. The molecule has 0 saturated heterocycles. The van der Waals surface area contributed by atoms with Crippen molar-refractivity contribution >= 4 is 6.08 Å². The number of aryl methyl sites for hydroxylation is 2. The van der Waals surface area contributed by atoms with Crippen LogP contribution in [0.1, 0.15) is 37.7 Å². The molecule has 1 aromatic rings. The number of aromatic amines is 1. The molecule has 1 radical (unpaired) electrons. The zero-order valence-corrected chi connectivity index (χ0v) is 11.3. The first kappa shape index (κ1) is 14.4. The van der Waals surface area contributed by atoms with Crippen LogP contribution in [0.2, 0.25) is 0 Å². The van der Waals surface area contributed by atoms with Gasteiger partial charge in [-0.2, -0.15) is 17.7 Å². The Kier molecular flexibility index (Phi) is 7.33. The van der Waals surface area contributed by atoms with Crippen molar-refractivity contribution in [3.63, 3.8) is 0 Å². The van der Waals surface area contributed by atoms with Crippen molar-refractivity contribution in [1.29, 1.82) is 0 Å². The van der Waals surface area contributed by atoms with Crippen molar-refractivity contribution in [2.24, 2.45) is 0 Å². The maximum absolute atomic E-state index is 3.38. The maximum Gasteiger partial charge on any atom is 1.00 e. The molecule has 2 heteroatoms. The molecule has 0 saturated carbocycles. The van der Waals surface area contributed by atoms with Crippen molar-refractivity contribution in [1.82, 2.24) is 4.98 Å². The van der Waals surface area contributed by atoms with E-state index in [2.05, 4.69) is 37.0 Å². The fourth-order valence-corrected chi connectivity index (χ4v) is 1.38. The van der Waals surface area contributed by atoms with Crippen LogP contribution >= 0.6 is 0 Å². The Balaban J connectivity index is 0.00000196. The second-order valence-corrected chi connectivity index (χ2v) is 3.21. The van der Waals surface area contributed by atoms with Gasteiger partial charge < -0.3 is 4.98 Å². The molecule has 0 unspecified atom stereocenters. The maximum atomic E-state index is 3.38. The van der Waals surface area contributed by atoms with E-state index in [0.717, 1.165) is 12.8 Å². The van der Waals surface area contributed by atoms with Gasteiger partial charge in [-0.3, -0.25) is 0 Å². The van der Waals surface area contributed by atoms with Gasteiger partial charge in [-0.25, -0.2) is 0 Å². The van der Waals surface area contributed by atoms with Gasteiger partial charge in [0.2, 0.25) is 0 Å². The van der Waals surface area contributed by atoms with E-state index < -0.39 is 0 Å². The van der Waals surface area contributed by atoms with E-state index >= 15 is 0 Å². The Morgan fingerprint density at radius 1 is 1.20 bits per heavy atom. The summed E-state index contributed by atoms with van der Waals surface area (Å²) in [7, 11) is 0. The molecule has 83 valence electrons. The van der Waals surface area contributed by atoms with E-state index in [1.54, 1.807) is 0 Å². The molecule has 1 rings (SSSR count). The first-order chi connectivity index (χ1) is 6.81. The van der Waals surface area contributed by atoms with Gasteiger partial charge >= 0.3 is 19.5 Å². The number of aromatic nitrogens is 1. The summed E-state index contributed by atoms with van der Waals surface area (Å²) in [5.41, 5.74) is 3.67. The van der Waals surface area contributed by atoms with Gasteiger partial charge in [0.05, 0.1) is 0 Å². The van der Waals surface area contributed by atoms with Crippen molar-refractivity contribution < 1.29 is 19.5 Å². The van der Waals surface area contributed by atoms with Gasteiger partial charge in [0.15, 0.2) is 0 Å². The van der Waals surface area contributed by atoms with Crippen LogP contribution in [0.3, 0.4) is 0 Å². The van der Waals surface area contributed by atoms with Crippen molar-refractivity contribution in [3.8, 4) is 0 Å². The van der Waals surface area contributed by atoms with Crippen LogP contribution < -0.4 is 0 Å². The number of rotatable bonds is 4. The third-order valence-electron chi connectivity index (χ3n) is 2.19. The molecule has 0 aliphatic heterocycles. The summed E-state index contributed by atoms with van der Waals surface area (Å²) < 4.78 is 0. The Morgan fingerprint density at radius 3 is 2.47 bits per heavy atom. The summed E-state index contributed by atoms with van der Waals surface area (Å²) in [5, 5.41) is 0. The van der Waals surface area contributed by atoms with Crippen molar-refractivity contribution in [3.05, 3.63) is 41.2 Å². The number of hydrogen-bond donors (Lipinski definition) is 1. The molecule has 0 spiro atoms. The fraction of sp³-hybridized carbons (Fsp3) is 0.385. The molecule has 0 fully saturated rings. The molecule has 1 heterocycles. The average molecular weight is 289 g/mol. The monoisotopic (exact) mass is 290 g/mol. The van der Waals surface area contributed by atoms with Gasteiger partial charge in [0, 0.05) is 0 Å². The quantitative estimate of drug-likeness (QED) is 0.496. The Labute approximate surface area is 105 Å². The average Bonchev–Trinajstić information content (AvgIpc) is 2.61. The molecule has 0 aromatic carbocycles. The van der Waals surface area contributed by atoms with Crippen LogP contribution in [0, 0.1) is 6.07 Å². The minimum Gasteiger partial charge on any atom is -0.425 e. The smallest absolute Gasteiger partial charge is 0.425 e. The molecule has 0 aliphatic carbocycles. The molecule has 1 aromatic heterocycles. The van der Waals surface area contributed by atoms with Crippen molar-refractivity contribution in [2.75, 3.05) is 0 Å². The Hall–Kier alpha value is -0.617. The summed E-state index contributed by atoms with van der Waals surface area (Å²) in [6.07, 6.45) is 10.3. The number of nitrogens with one attached hydrogen (secondary N) is 1. The molecule has 0 atom stereocenters. The molecular weight excluding hydrogens is 271 g/mol. The summed E-state index contributed by atoms with van der Waals surface area (Å²) in [4.78, 5) is 3.38. The fourth-order valence-electron chi connectivity index (χ4n) is 1.38. The number of hydrogen-bond acceptors (Lipinski definition) is 0. The molecule has 0 aliphatic rings. The van der Waals surface area contributed by atoms with Crippen LogP contribution in [0.4, 0.5) is 0 Å². The van der Waals surface area contributed by atoms with Crippen LogP contribution in [0.25, 0.3) is 6.08 Å². The first-order valence-corrected chi connectivity index (χ1v) is 5.24. The summed E-state index contributed by atoms with van der Waals surface area (Å²) in [5.74, 6) is 0. The van der Waals surface area contributed by atoms with E-state index in [1.807, 2.05) is 19.1 Å². The molecule has 15 heavy (non-hydrogen) atoms. The second kappa shape index (κ2) is 7.65. The predicted molar refractivity (Wildman–Crippen MR) is 62.2 cm³/mol. The largest absolute Gasteiger partial charge is 1.00 e. The number of H-pyrrole nitrogens is 1. The van der Waals surface area contributed by atoms with Crippen molar-refractivity contribution in [2.45, 2.75) is 33.6 Å². The molecule has 1 N–H and O–H groups in total.